The highest BCUT2D eigenvalue weighted by molar-refractivity contribution is 5.67. The Kier molecular flexibility index (Phi) is 3.75. The Balaban J connectivity index is 2.47. The molecule has 1 aliphatic rings. The maximum absolute atomic E-state index is 10.5. The molecular weight excluding hydrogens is 166 g/mol. The van der Waals surface area contributed by atoms with Crippen LogP contribution in [0.4, 0.5) is 0 Å². The Bertz CT molecular complexity index is 219. The number of hydrogen-bond donors (Lipinski definition) is 1. The van der Waals surface area contributed by atoms with Crippen LogP contribution in [0.5, 0.6) is 0 Å². The van der Waals surface area contributed by atoms with Gasteiger partial charge in [0.1, 0.15) is 0 Å². The van der Waals surface area contributed by atoms with E-state index in [0.29, 0.717) is 12.3 Å². The molecule has 13 heavy (non-hydrogen) atoms. The second-order valence-corrected chi connectivity index (χ2v) is 3.76. The second kappa shape index (κ2) is 4.86. The highest BCUT2D eigenvalue weighted by Crippen LogP contribution is 2.34. The van der Waals surface area contributed by atoms with E-state index in [1.165, 1.54) is 0 Å². The summed E-state index contributed by atoms with van der Waals surface area (Å²) in [5, 5.41) is 17.2. The zero-order valence-corrected chi connectivity index (χ0v) is 7.70. The van der Waals surface area contributed by atoms with Crippen molar-refractivity contribution >= 4 is 5.97 Å². The van der Waals surface area contributed by atoms with E-state index >= 15 is 0 Å². The number of aliphatic carboxylic acids is 1. The van der Waals surface area contributed by atoms with Gasteiger partial charge < -0.3 is 5.11 Å². The molecule has 0 aromatic heterocycles. The Hall–Kier alpha value is -1.04. The third-order valence-electron chi connectivity index (χ3n) is 2.86. The summed E-state index contributed by atoms with van der Waals surface area (Å²) in [5.41, 5.74) is 0. The summed E-state index contributed by atoms with van der Waals surface area (Å²) >= 11 is 0. The summed E-state index contributed by atoms with van der Waals surface area (Å²) in [7, 11) is 0. The number of carboxylic acid groups (broad SMARTS) is 1. The van der Waals surface area contributed by atoms with Gasteiger partial charge in [-0.25, -0.2) is 0 Å². The predicted octanol–water partition coefficient (Wildman–Crippen LogP) is 2.18. The van der Waals surface area contributed by atoms with Gasteiger partial charge >= 0.3 is 5.97 Å². The van der Waals surface area contributed by atoms with Crippen LogP contribution >= 0.6 is 0 Å². The van der Waals surface area contributed by atoms with Crippen molar-refractivity contribution in [1.82, 2.24) is 0 Å². The monoisotopic (exact) mass is 181 g/mol. The Morgan fingerprint density at radius 3 is 2.54 bits per heavy atom. The van der Waals surface area contributed by atoms with Crippen LogP contribution in [-0.4, -0.2) is 11.1 Å². The molecule has 0 heterocycles. The van der Waals surface area contributed by atoms with E-state index < -0.39 is 5.97 Å². The highest BCUT2D eigenvalue weighted by Gasteiger charge is 2.26. The SMILES string of the molecule is N#CC[C@H]1CCCC[C@H]1CC(=O)O. The predicted molar refractivity (Wildman–Crippen MR) is 47.9 cm³/mol. The van der Waals surface area contributed by atoms with E-state index in [-0.39, 0.29) is 12.3 Å². The summed E-state index contributed by atoms with van der Waals surface area (Å²) in [6.07, 6.45) is 5.07. The summed E-state index contributed by atoms with van der Waals surface area (Å²) in [6.45, 7) is 0. The molecule has 3 heteroatoms. The van der Waals surface area contributed by atoms with Crippen molar-refractivity contribution in [3.63, 3.8) is 0 Å². The average molecular weight is 181 g/mol. The molecule has 1 N–H and O–H groups in total. The lowest BCUT2D eigenvalue weighted by Crippen LogP contribution is -2.21. The Morgan fingerprint density at radius 1 is 1.38 bits per heavy atom. The first kappa shape index (κ1) is 10.0. The molecule has 0 unspecified atom stereocenters. The van der Waals surface area contributed by atoms with Gasteiger partial charge in [0, 0.05) is 12.8 Å². The van der Waals surface area contributed by atoms with Crippen molar-refractivity contribution in [2.45, 2.75) is 38.5 Å². The topological polar surface area (TPSA) is 61.1 Å². The summed E-state index contributed by atoms with van der Waals surface area (Å²) in [4.78, 5) is 10.5. The molecule has 72 valence electrons. The number of nitriles is 1. The van der Waals surface area contributed by atoms with Gasteiger partial charge in [-0.1, -0.05) is 12.8 Å². The van der Waals surface area contributed by atoms with Gasteiger partial charge in [-0.3, -0.25) is 4.79 Å². The smallest absolute Gasteiger partial charge is 0.303 e. The maximum Gasteiger partial charge on any atom is 0.303 e. The minimum absolute atomic E-state index is 0.242. The molecule has 1 aliphatic carbocycles. The minimum Gasteiger partial charge on any atom is -0.481 e. The molecule has 2 atom stereocenters. The van der Waals surface area contributed by atoms with Gasteiger partial charge in [0.2, 0.25) is 0 Å². The molecular formula is C10H15NO2. The van der Waals surface area contributed by atoms with Crippen molar-refractivity contribution in [1.29, 1.82) is 5.26 Å². The maximum atomic E-state index is 10.5. The molecule has 3 nitrogen and oxygen atoms in total. The summed E-state index contributed by atoms with van der Waals surface area (Å²) < 4.78 is 0. The molecule has 0 aromatic carbocycles. The fraction of sp³-hybridized carbons (Fsp3) is 0.800. The molecule has 0 bridgehead atoms. The first-order valence-corrected chi connectivity index (χ1v) is 4.82. The van der Waals surface area contributed by atoms with Gasteiger partial charge in [-0.15, -0.1) is 0 Å². The lowest BCUT2D eigenvalue weighted by atomic mass is 9.76. The van der Waals surface area contributed by atoms with Crippen LogP contribution in [-0.2, 0) is 4.79 Å². The highest BCUT2D eigenvalue weighted by atomic mass is 16.4. The fourth-order valence-corrected chi connectivity index (χ4v) is 2.16. The summed E-state index contributed by atoms with van der Waals surface area (Å²) in [6, 6.07) is 2.15. The van der Waals surface area contributed by atoms with Crippen molar-refractivity contribution in [2.75, 3.05) is 0 Å². The molecule has 1 fully saturated rings. The Morgan fingerprint density at radius 2 is 2.00 bits per heavy atom. The zero-order valence-electron chi connectivity index (χ0n) is 7.70. The standard InChI is InChI=1S/C10H15NO2/c11-6-5-8-3-1-2-4-9(8)7-10(12)13/h8-9H,1-5,7H2,(H,12,13)/t8-,9+/m1/s1. The Labute approximate surface area is 78.4 Å². The molecule has 0 radical (unpaired) electrons. The van der Waals surface area contributed by atoms with Crippen LogP contribution < -0.4 is 0 Å². The van der Waals surface area contributed by atoms with Crippen LogP contribution in [0.25, 0.3) is 0 Å². The van der Waals surface area contributed by atoms with E-state index in [2.05, 4.69) is 6.07 Å². The average Bonchev–Trinajstić information content (AvgIpc) is 2.08. The van der Waals surface area contributed by atoms with Crippen LogP contribution in [0, 0.1) is 23.2 Å². The first-order chi connectivity index (χ1) is 6.24. The van der Waals surface area contributed by atoms with E-state index in [1.54, 1.807) is 0 Å². The zero-order chi connectivity index (χ0) is 9.68. The third-order valence-corrected chi connectivity index (χ3v) is 2.86. The second-order valence-electron chi connectivity index (χ2n) is 3.76. The number of nitrogens with zero attached hydrogens (tertiary/aromatic N) is 1. The number of hydrogen-bond acceptors (Lipinski definition) is 2. The molecule has 1 saturated carbocycles. The molecule has 0 aliphatic heterocycles. The van der Waals surface area contributed by atoms with Crippen molar-refractivity contribution in [2.24, 2.45) is 11.8 Å². The molecule has 1 rings (SSSR count). The van der Waals surface area contributed by atoms with Crippen LogP contribution in [0.15, 0.2) is 0 Å². The van der Waals surface area contributed by atoms with Gasteiger partial charge in [-0.05, 0) is 24.7 Å². The fourth-order valence-electron chi connectivity index (χ4n) is 2.16. The molecule has 0 amide bonds. The van der Waals surface area contributed by atoms with Crippen LogP contribution in [0.3, 0.4) is 0 Å². The van der Waals surface area contributed by atoms with Crippen LogP contribution in [0.2, 0.25) is 0 Å². The van der Waals surface area contributed by atoms with Crippen molar-refractivity contribution in [3.8, 4) is 6.07 Å². The van der Waals surface area contributed by atoms with Gasteiger partial charge in [0.25, 0.3) is 0 Å². The number of carboxylic acids is 1. The lowest BCUT2D eigenvalue weighted by molar-refractivity contribution is -0.138. The van der Waals surface area contributed by atoms with Gasteiger partial charge in [0.15, 0.2) is 0 Å². The van der Waals surface area contributed by atoms with Crippen molar-refractivity contribution < 1.29 is 9.90 Å². The number of carbonyl (C=O) groups is 1. The van der Waals surface area contributed by atoms with Crippen molar-refractivity contribution in [3.05, 3.63) is 0 Å². The molecule has 0 aromatic rings. The number of rotatable bonds is 3. The van der Waals surface area contributed by atoms with E-state index in [1.807, 2.05) is 0 Å². The minimum atomic E-state index is -0.727. The first-order valence-electron chi connectivity index (χ1n) is 4.82. The third kappa shape index (κ3) is 3.06. The largest absolute Gasteiger partial charge is 0.481 e. The quantitative estimate of drug-likeness (QED) is 0.725. The van der Waals surface area contributed by atoms with E-state index in [4.69, 9.17) is 10.4 Å². The van der Waals surface area contributed by atoms with Gasteiger partial charge in [0.05, 0.1) is 6.07 Å². The summed E-state index contributed by atoms with van der Waals surface area (Å²) in [5.74, 6) is -0.157. The normalized spacial score (nSPS) is 27.9. The molecule has 0 saturated heterocycles. The van der Waals surface area contributed by atoms with Gasteiger partial charge in [-0.2, -0.15) is 5.26 Å². The van der Waals surface area contributed by atoms with E-state index in [0.717, 1.165) is 25.7 Å². The van der Waals surface area contributed by atoms with Crippen LogP contribution in [0.1, 0.15) is 38.5 Å². The lowest BCUT2D eigenvalue weighted by Gasteiger charge is -2.28. The van der Waals surface area contributed by atoms with E-state index in [9.17, 15) is 4.79 Å². The molecule has 0 spiro atoms.